The first-order valence-electron chi connectivity index (χ1n) is 7.37. The summed E-state index contributed by atoms with van der Waals surface area (Å²) in [6.45, 7) is 1.92. The van der Waals surface area contributed by atoms with E-state index >= 15 is 0 Å². The zero-order valence-electron chi connectivity index (χ0n) is 12.8. The van der Waals surface area contributed by atoms with E-state index in [4.69, 9.17) is 10.00 Å². The van der Waals surface area contributed by atoms with Gasteiger partial charge in [-0.3, -0.25) is 5.10 Å². The largest absolute Gasteiger partial charge is 0.416 e. The third-order valence-corrected chi connectivity index (χ3v) is 3.38. The van der Waals surface area contributed by atoms with E-state index in [0.29, 0.717) is 11.3 Å². The molecule has 1 atom stereocenters. The van der Waals surface area contributed by atoms with E-state index < -0.39 is 11.7 Å². The summed E-state index contributed by atoms with van der Waals surface area (Å²) in [5.41, 5.74) is 0.440. The first kappa shape index (κ1) is 18.0. The molecule has 0 amide bonds. The Kier molecular flexibility index (Phi) is 6.35. The zero-order chi connectivity index (χ0) is 17.4. The predicted octanol–water partition coefficient (Wildman–Crippen LogP) is 2.87. The van der Waals surface area contributed by atoms with E-state index in [1.807, 2.05) is 6.07 Å². The smallest absolute Gasteiger partial charge is 0.372 e. The second-order valence-electron chi connectivity index (χ2n) is 5.21. The van der Waals surface area contributed by atoms with Crippen molar-refractivity contribution in [2.75, 3.05) is 13.1 Å². The van der Waals surface area contributed by atoms with E-state index in [2.05, 4.69) is 15.5 Å². The Morgan fingerprint density at radius 1 is 1.33 bits per heavy atom. The highest BCUT2D eigenvalue weighted by atomic mass is 19.4. The molecule has 0 saturated carbocycles. The molecule has 2 heterocycles. The predicted molar refractivity (Wildman–Crippen MR) is 80.8 cm³/mol. The molecule has 0 bridgehead atoms. The number of nitrogens with zero attached hydrogens (tertiary/aromatic N) is 2. The van der Waals surface area contributed by atoms with Crippen molar-refractivity contribution < 1.29 is 17.9 Å². The number of aromatic amines is 1. The summed E-state index contributed by atoms with van der Waals surface area (Å²) in [6.07, 6.45) is -1.72. The topological polar surface area (TPSA) is 73.7 Å². The number of nitriles is 1. The molecule has 1 saturated heterocycles. The molecule has 1 aliphatic heterocycles. The molecule has 0 radical (unpaired) electrons. The van der Waals surface area contributed by atoms with Crippen LogP contribution in [0.2, 0.25) is 0 Å². The van der Waals surface area contributed by atoms with E-state index in [9.17, 15) is 13.2 Å². The van der Waals surface area contributed by atoms with Crippen LogP contribution < -0.4 is 5.32 Å². The summed E-state index contributed by atoms with van der Waals surface area (Å²) in [6, 6.07) is 8.77. The fraction of sp³-hybridized carbons (Fsp3) is 0.375. The van der Waals surface area contributed by atoms with Crippen LogP contribution >= 0.6 is 0 Å². The van der Waals surface area contributed by atoms with Gasteiger partial charge in [-0.2, -0.15) is 23.5 Å². The van der Waals surface area contributed by atoms with Crippen LogP contribution in [-0.2, 0) is 17.5 Å². The second-order valence-corrected chi connectivity index (χ2v) is 5.21. The highest BCUT2D eigenvalue weighted by molar-refractivity contribution is 5.25. The fourth-order valence-corrected chi connectivity index (χ4v) is 2.14. The van der Waals surface area contributed by atoms with E-state index in [1.165, 1.54) is 6.07 Å². The van der Waals surface area contributed by atoms with Crippen LogP contribution in [-0.4, -0.2) is 29.4 Å². The number of hydrogen-bond acceptors (Lipinski definition) is 4. The lowest BCUT2D eigenvalue weighted by molar-refractivity contribution is -0.137. The minimum absolute atomic E-state index is 0.115. The van der Waals surface area contributed by atoms with E-state index in [0.717, 1.165) is 31.6 Å². The summed E-state index contributed by atoms with van der Waals surface area (Å²) in [5, 5.41) is 17.3. The first-order valence-corrected chi connectivity index (χ1v) is 7.37. The normalized spacial score (nSPS) is 17.0. The van der Waals surface area contributed by atoms with Crippen molar-refractivity contribution in [3.8, 4) is 6.07 Å². The molecule has 2 N–H and O–H groups in total. The van der Waals surface area contributed by atoms with Gasteiger partial charge in [0, 0.05) is 6.54 Å². The van der Waals surface area contributed by atoms with Crippen LogP contribution in [0.3, 0.4) is 0 Å². The van der Waals surface area contributed by atoms with Crippen molar-refractivity contribution in [1.29, 1.82) is 5.26 Å². The van der Waals surface area contributed by atoms with Crippen molar-refractivity contribution in [2.45, 2.75) is 25.3 Å². The molecule has 1 aliphatic rings. The van der Waals surface area contributed by atoms with Gasteiger partial charge in [-0.15, -0.1) is 0 Å². The Morgan fingerprint density at radius 3 is 2.71 bits per heavy atom. The van der Waals surface area contributed by atoms with Crippen molar-refractivity contribution in [3.63, 3.8) is 0 Å². The zero-order valence-corrected chi connectivity index (χ0v) is 12.8. The number of ether oxygens (including phenoxy) is 1. The van der Waals surface area contributed by atoms with Gasteiger partial charge in [0.25, 0.3) is 0 Å². The Hall–Kier alpha value is -2.37. The summed E-state index contributed by atoms with van der Waals surface area (Å²) in [4.78, 5) is 0. The minimum Gasteiger partial charge on any atom is -0.372 e. The van der Waals surface area contributed by atoms with Crippen molar-refractivity contribution >= 4 is 0 Å². The lowest BCUT2D eigenvalue weighted by Crippen LogP contribution is -2.16. The van der Waals surface area contributed by atoms with Gasteiger partial charge < -0.3 is 10.1 Å². The Morgan fingerprint density at radius 2 is 2.17 bits per heavy atom. The summed E-state index contributed by atoms with van der Waals surface area (Å²) >= 11 is 0. The molecular weight excluding hydrogens is 321 g/mol. The Labute approximate surface area is 137 Å². The van der Waals surface area contributed by atoms with Crippen molar-refractivity contribution in [3.05, 3.63) is 53.3 Å². The van der Waals surface area contributed by atoms with Gasteiger partial charge in [0.15, 0.2) is 0 Å². The van der Waals surface area contributed by atoms with E-state index in [1.54, 1.807) is 18.3 Å². The lowest BCUT2D eigenvalue weighted by Gasteiger charge is -2.12. The summed E-state index contributed by atoms with van der Waals surface area (Å²) in [7, 11) is 0. The second kappa shape index (κ2) is 8.47. The van der Waals surface area contributed by atoms with Crippen molar-refractivity contribution in [1.82, 2.24) is 15.5 Å². The summed E-state index contributed by atoms with van der Waals surface area (Å²) in [5.74, 6) is 0. The molecule has 128 valence electrons. The number of halogens is 3. The molecule has 5 nitrogen and oxygen atoms in total. The highest BCUT2D eigenvalue weighted by Gasteiger charge is 2.30. The van der Waals surface area contributed by atoms with Crippen LogP contribution in [0.25, 0.3) is 0 Å². The number of hydrogen-bond donors (Lipinski definition) is 2. The molecule has 0 aliphatic carbocycles. The average Bonchev–Trinajstić information content (AvgIpc) is 3.26. The van der Waals surface area contributed by atoms with Crippen LogP contribution in [0.1, 0.15) is 23.2 Å². The van der Waals surface area contributed by atoms with E-state index in [-0.39, 0.29) is 12.7 Å². The standard InChI is InChI=1S/C12H14F3NO.C4H3N3/c13-12(14,15)10-3-1-2-9(6-10)8-17-11-4-5-16-7-11;5-3-4-1-2-6-7-4/h1-3,6,11,16H,4-5,7-8H2;1-2H,(H,6,7). The fourth-order valence-electron chi connectivity index (χ4n) is 2.14. The van der Waals surface area contributed by atoms with Crippen LogP contribution in [0.5, 0.6) is 0 Å². The van der Waals surface area contributed by atoms with Gasteiger partial charge in [-0.05, 0) is 36.7 Å². The number of aromatic nitrogens is 2. The third-order valence-electron chi connectivity index (χ3n) is 3.38. The average molecular weight is 338 g/mol. The first-order chi connectivity index (χ1) is 11.5. The van der Waals surface area contributed by atoms with Gasteiger partial charge in [0.1, 0.15) is 11.8 Å². The Balaban J connectivity index is 0.000000249. The molecule has 1 unspecified atom stereocenters. The molecule has 1 fully saturated rings. The van der Waals surface area contributed by atoms with Gasteiger partial charge in [-0.25, -0.2) is 0 Å². The minimum atomic E-state index is -4.29. The number of benzene rings is 1. The number of rotatable bonds is 3. The molecule has 1 aromatic carbocycles. The lowest BCUT2D eigenvalue weighted by atomic mass is 10.1. The maximum absolute atomic E-state index is 12.5. The van der Waals surface area contributed by atoms with Crippen LogP contribution in [0.15, 0.2) is 36.5 Å². The molecule has 3 rings (SSSR count). The molecule has 2 aromatic rings. The molecule has 1 aromatic heterocycles. The quantitative estimate of drug-likeness (QED) is 0.902. The molecule has 24 heavy (non-hydrogen) atoms. The monoisotopic (exact) mass is 338 g/mol. The van der Waals surface area contributed by atoms with Gasteiger partial charge in [0.05, 0.1) is 24.5 Å². The summed E-state index contributed by atoms with van der Waals surface area (Å²) < 4.78 is 42.9. The molecular formula is C16H17F3N4O. The SMILES string of the molecule is FC(F)(F)c1cccc(COC2CCNC2)c1.N#Cc1ccn[nH]1. The number of alkyl halides is 3. The van der Waals surface area contributed by atoms with Gasteiger partial charge >= 0.3 is 6.18 Å². The molecule has 8 heteroatoms. The number of nitrogens with one attached hydrogen (secondary N) is 2. The third kappa shape index (κ3) is 5.68. The maximum Gasteiger partial charge on any atom is 0.416 e. The maximum atomic E-state index is 12.5. The van der Waals surface area contributed by atoms with Gasteiger partial charge in [-0.1, -0.05) is 12.1 Å². The number of H-pyrrole nitrogens is 1. The molecule has 0 spiro atoms. The van der Waals surface area contributed by atoms with Crippen LogP contribution in [0.4, 0.5) is 13.2 Å². The van der Waals surface area contributed by atoms with Crippen molar-refractivity contribution in [2.24, 2.45) is 0 Å². The highest BCUT2D eigenvalue weighted by Crippen LogP contribution is 2.29. The Bertz CT molecular complexity index is 659. The van der Waals surface area contributed by atoms with Crippen LogP contribution in [0, 0.1) is 11.3 Å². The van der Waals surface area contributed by atoms with Gasteiger partial charge in [0.2, 0.25) is 0 Å².